The fourth-order valence-corrected chi connectivity index (χ4v) is 3.03. The highest BCUT2D eigenvalue weighted by atomic mass is 79.9. The highest BCUT2D eigenvalue weighted by Crippen LogP contribution is 2.21. The number of amides is 1. The van der Waals surface area contributed by atoms with Crippen LogP contribution in [0.5, 0.6) is 0 Å². The second-order valence-corrected chi connectivity index (χ2v) is 6.44. The van der Waals surface area contributed by atoms with E-state index in [2.05, 4.69) is 26.3 Å². The third-order valence-corrected chi connectivity index (χ3v) is 4.31. The molecule has 3 aromatic rings. The highest BCUT2D eigenvalue weighted by molar-refractivity contribution is 9.11. The fourth-order valence-electron chi connectivity index (χ4n) is 1.75. The van der Waals surface area contributed by atoms with E-state index in [1.165, 1.54) is 17.7 Å². The zero-order chi connectivity index (χ0) is 14.1. The Bertz CT molecular complexity index is 856. The molecule has 1 aromatic carbocycles. The zero-order valence-corrected chi connectivity index (χ0v) is 12.4. The van der Waals surface area contributed by atoms with Gasteiger partial charge in [0, 0.05) is 0 Å². The number of para-hydroxylation sites is 1. The van der Waals surface area contributed by atoms with Crippen LogP contribution in [0.15, 0.2) is 51.3 Å². The topological polar surface area (TPSA) is 64.0 Å². The van der Waals surface area contributed by atoms with Gasteiger partial charge in [-0.2, -0.15) is 0 Å². The molecule has 1 N–H and O–H groups in total. The summed E-state index contributed by atoms with van der Waals surface area (Å²) in [6.45, 7) is 0. The number of carbonyl (C=O) groups is 1. The largest absolute Gasteiger partial charge is 0.280 e. The lowest BCUT2D eigenvalue weighted by atomic mass is 10.2. The standard InChI is InChI=1S/C13H8BrN3O2S/c14-11-6-5-10(20-11)12(18)16-17-7-15-9-4-2-1-3-8(9)13(17)19/h1-7H,(H,16,18). The quantitative estimate of drug-likeness (QED) is 0.773. The number of carbonyl (C=O) groups excluding carboxylic acids is 1. The van der Waals surface area contributed by atoms with Crippen molar-refractivity contribution in [2.45, 2.75) is 0 Å². The van der Waals surface area contributed by atoms with E-state index in [0.717, 1.165) is 8.46 Å². The summed E-state index contributed by atoms with van der Waals surface area (Å²) in [6.07, 6.45) is 1.31. The molecule has 5 nitrogen and oxygen atoms in total. The first-order valence-electron chi connectivity index (χ1n) is 5.68. The van der Waals surface area contributed by atoms with Crippen LogP contribution in [0.3, 0.4) is 0 Å². The van der Waals surface area contributed by atoms with Crippen LogP contribution in [0, 0.1) is 0 Å². The number of benzene rings is 1. The maximum atomic E-state index is 12.2. The smallest absolute Gasteiger partial charge is 0.267 e. The van der Waals surface area contributed by atoms with Crippen molar-refractivity contribution in [3.63, 3.8) is 0 Å². The Hall–Kier alpha value is -1.99. The average Bonchev–Trinajstić information content (AvgIpc) is 2.89. The number of nitrogens with zero attached hydrogens (tertiary/aromatic N) is 2. The first-order chi connectivity index (χ1) is 9.65. The molecule has 0 atom stereocenters. The summed E-state index contributed by atoms with van der Waals surface area (Å²) in [4.78, 5) is 28.9. The molecule has 0 bridgehead atoms. The Balaban J connectivity index is 1.97. The molecule has 100 valence electrons. The minimum absolute atomic E-state index is 0.306. The van der Waals surface area contributed by atoms with Crippen LogP contribution in [0.25, 0.3) is 10.9 Å². The zero-order valence-electron chi connectivity index (χ0n) is 10.0. The van der Waals surface area contributed by atoms with E-state index in [-0.39, 0.29) is 11.5 Å². The first kappa shape index (κ1) is 13.0. The lowest BCUT2D eigenvalue weighted by Crippen LogP contribution is -2.32. The van der Waals surface area contributed by atoms with Gasteiger partial charge in [0.05, 0.1) is 19.6 Å². The first-order valence-corrected chi connectivity index (χ1v) is 7.29. The molecule has 0 saturated carbocycles. The molecule has 7 heteroatoms. The molecule has 2 aromatic heterocycles. The Morgan fingerprint density at radius 2 is 2.05 bits per heavy atom. The molecule has 0 radical (unpaired) electrons. The number of nitrogens with one attached hydrogen (secondary N) is 1. The Morgan fingerprint density at radius 1 is 1.25 bits per heavy atom. The van der Waals surface area contributed by atoms with Gasteiger partial charge in [0.25, 0.3) is 11.5 Å². The molecule has 0 unspecified atom stereocenters. The predicted molar refractivity (Wildman–Crippen MR) is 81.7 cm³/mol. The number of rotatable bonds is 2. The van der Waals surface area contributed by atoms with E-state index in [0.29, 0.717) is 15.8 Å². The van der Waals surface area contributed by atoms with Crippen molar-refractivity contribution in [2.24, 2.45) is 0 Å². The lowest BCUT2D eigenvalue weighted by molar-refractivity contribution is 0.101. The van der Waals surface area contributed by atoms with Crippen molar-refractivity contribution in [2.75, 3.05) is 5.43 Å². The minimum Gasteiger partial charge on any atom is -0.267 e. The van der Waals surface area contributed by atoms with Crippen molar-refractivity contribution in [1.29, 1.82) is 0 Å². The van der Waals surface area contributed by atoms with E-state index in [1.54, 1.807) is 36.4 Å². The van der Waals surface area contributed by atoms with Crippen molar-refractivity contribution in [3.8, 4) is 0 Å². The van der Waals surface area contributed by atoms with Gasteiger partial charge in [0.2, 0.25) is 0 Å². The number of thiophene rings is 1. The number of fused-ring (bicyclic) bond motifs is 1. The number of hydrogen-bond acceptors (Lipinski definition) is 4. The number of halogens is 1. The van der Waals surface area contributed by atoms with E-state index < -0.39 is 0 Å². The minimum atomic E-state index is -0.347. The van der Waals surface area contributed by atoms with Crippen LogP contribution in [-0.4, -0.2) is 15.6 Å². The molecule has 0 spiro atoms. The lowest BCUT2D eigenvalue weighted by Gasteiger charge is -2.07. The SMILES string of the molecule is O=C(Nn1cnc2ccccc2c1=O)c1ccc(Br)s1. The van der Waals surface area contributed by atoms with Gasteiger partial charge in [-0.3, -0.25) is 15.0 Å². The second kappa shape index (κ2) is 5.18. The summed E-state index contributed by atoms with van der Waals surface area (Å²) >= 11 is 4.58. The fraction of sp³-hybridized carbons (Fsp3) is 0. The summed E-state index contributed by atoms with van der Waals surface area (Å²) in [5.74, 6) is -0.347. The van der Waals surface area contributed by atoms with Crippen molar-refractivity contribution >= 4 is 44.1 Å². The van der Waals surface area contributed by atoms with Gasteiger partial charge < -0.3 is 0 Å². The summed E-state index contributed by atoms with van der Waals surface area (Å²) in [6, 6.07) is 10.5. The molecule has 0 aliphatic rings. The summed E-state index contributed by atoms with van der Waals surface area (Å²) in [7, 11) is 0. The van der Waals surface area contributed by atoms with Crippen LogP contribution in [0.4, 0.5) is 0 Å². The molecule has 2 heterocycles. The average molecular weight is 350 g/mol. The molecule has 0 aliphatic carbocycles. The van der Waals surface area contributed by atoms with Gasteiger partial charge in [-0.15, -0.1) is 11.3 Å². The van der Waals surface area contributed by atoms with Crippen LogP contribution in [-0.2, 0) is 0 Å². The Kier molecular flexibility index (Phi) is 3.37. The molecule has 20 heavy (non-hydrogen) atoms. The summed E-state index contributed by atoms with van der Waals surface area (Å²) < 4.78 is 1.95. The van der Waals surface area contributed by atoms with Gasteiger partial charge in [-0.25, -0.2) is 9.66 Å². The maximum absolute atomic E-state index is 12.2. The van der Waals surface area contributed by atoms with Crippen molar-refractivity contribution in [3.05, 3.63) is 61.7 Å². The molecule has 0 fully saturated rings. The highest BCUT2D eigenvalue weighted by Gasteiger charge is 2.10. The van der Waals surface area contributed by atoms with E-state index >= 15 is 0 Å². The van der Waals surface area contributed by atoms with Gasteiger partial charge in [0.1, 0.15) is 6.33 Å². The second-order valence-electron chi connectivity index (χ2n) is 3.98. The van der Waals surface area contributed by atoms with Crippen molar-refractivity contribution in [1.82, 2.24) is 9.66 Å². The van der Waals surface area contributed by atoms with Gasteiger partial charge >= 0.3 is 0 Å². The molecular formula is C13H8BrN3O2S. The van der Waals surface area contributed by atoms with E-state index in [1.807, 2.05) is 0 Å². The Labute approximate surface area is 126 Å². The molecular weight excluding hydrogens is 342 g/mol. The Morgan fingerprint density at radius 3 is 2.80 bits per heavy atom. The third kappa shape index (κ3) is 2.37. The van der Waals surface area contributed by atoms with Gasteiger partial charge in [-0.05, 0) is 40.2 Å². The van der Waals surface area contributed by atoms with E-state index in [9.17, 15) is 9.59 Å². The normalized spacial score (nSPS) is 10.7. The maximum Gasteiger partial charge on any atom is 0.280 e. The molecule has 0 saturated heterocycles. The monoisotopic (exact) mass is 349 g/mol. The molecule has 0 aliphatic heterocycles. The van der Waals surface area contributed by atoms with Gasteiger partial charge in [-0.1, -0.05) is 12.1 Å². The molecule has 3 rings (SSSR count). The summed E-state index contributed by atoms with van der Waals surface area (Å²) in [5.41, 5.74) is 2.82. The number of aromatic nitrogens is 2. The van der Waals surface area contributed by atoms with Crippen molar-refractivity contribution < 1.29 is 4.79 Å². The van der Waals surface area contributed by atoms with Crippen LogP contribution >= 0.6 is 27.3 Å². The van der Waals surface area contributed by atoms with E-state index in [4.69, 9.17) is 0 Å². The van der Waals surface area contributed by atoms with Crippen LogP contribution < -0.4 is 11.0 Å². The number of hydrogen-bond donors (Lipinski definition) is 1. The third-order valence-electron chi connectivity index (χ3n) is 2.68. The van der Waals surface area contributed by atoms with Crippen LogP contribution in [0.1, 0.15) is 9.67 Å². The summed E-state index contributed by atoms with van der Waals surface area (Å²) in [5, 5.41) is 0.461. The molecule has 1 amide bonds. The van der Waals surface area contributed by atoms with Gasteiger partial charge in [0.15, 0.2) is 0 Å². The van der Waals surface area contributed by atoms with Crippen LogP contribution in [0.2, 0.25) is 0 Å². The predicted octanol–water partition coefficient (Wildman–Crippen LogP) is 2.60.